The molecular formula is C12H11F3N2O2. The Kier molecular flexibility index (Phi) is 4.51. The minimum Gasteiger partial charge on any atom is -0.469 e. The van der Waals surface area contributed by atoms with Gasteiger partial charge in [0.05, 0.1) is 24.7 Å². The Morgan fingerprint density at radius 3 is 2.53 bits per heavy atom. The van der Waals surface area contributed by atoms with E-state index in [9.17, 15) is 18.0 Å². The Bertz CT molecular complexity index is 533. The number of methoxy groups -OCH3 is 1. The van der Waals surface area contributed by atoms with E-state index in [-0.39, 0.29) is 24.1 Å². The first-order valence-electron chi connectivity index (χ1n) is 5.23. The normalized spacial score (nSPS) is 10.9. The number of nitrogens with zero attached hydrogens (tertiary/aromatic N) is 1. The van der Waals surface area contributed by atoms with Gasteiger partial charge >= 0.3 is 12.1 Å². The highest BCUT2D eigenvalue weighted by Crippen LogP contribution is 2.34. The Morgan fingerprint density at radius 2 is 2.11 bits per heavy atom. The van der Waals surface area contributed by atoms with Crippen molar-refractivity contribution < 1.29 is 22.7 Å². The molecule has 0 fully saturated rings. The number of halogens is 3. The van der Waals surface area contributed by atoms with Crippen molar-refractivity contribution in [2.24, 2.45) is 5.73 Å². The highest BCUT2D eigenvalue weighted by atomic mass is 19.4. The lowest BCUT2D eigenvalue weighted by molar-refractivity contribution is -0.140. The molecule has 0 unspecified atom stereocenters. The summed E-state index contributed by atoms with van der Waals surface area (Å²) in [6, 6.07) is 3.58. The molecule has 0 amide bonds. The van der Waals surface area contributed by atoms with E-state index >= 15 is 0 Å². The number of rotatable bonds is 3. The maximum atomic E-state index is 12.8. The lowest BCUT2D eigenvalue weighted by Gasteiger charge is -2.14. The van der Waals surface area contributed by atoms with Crippen LogP contribution in [0.1, 0.15) is 22.3 Å². The van der Waals surface area contributed by atoms with E-state index in [4.69, 9.17) is 11.0 Å². The number of carbonyl (C=O) groups excluding carboxylic acids is 1. The van der Waals surface area contributed by atoms with Crippen LogP contribution in [0, 0.1) is 11.3 Å². The zero-order valence-electron chi connectivity index (χ0n) is 10.0. The maximum absolute atomic E-state index is 12.8. The van der Waals surface area contributed by atoms with Crippen LogP contribution in [0.2, 0.25) is 0 Å². The molecule has 0 aromatic heterocycles. The molecule has 19 heavy (non-hydrogen) atoms. The number of benzene rings is 1. The molecule has 1 aromatic rings. The number of ether oxygens (including phenoxy) is 1. The van der Waals surface area contributed by atoms with Gasteiger partial charge in [0.2, 0.25) is 0 Å². The molecule has 1 rings (SSSR count). The molecule has 0 saturated carbocycles. The molecule has 102 valence electrons. The van der Waals surface area contributed by atoms with Crippen LogP contribution in [-0.2, 0) is 28.7 Å². The molecule has 0 aliphatic carbocycles. The fourth-order valence-electron chi connectivity index (χ4n) is 1.63. The van der Waals surface area contributed by atoms with Gasteiger partial charge in [-0.2, -0.15) is 18.4 Å². The molecule has 0 radical (unpaired) electrons. The number of esters is 1. The van der Waals surface area contributed by atoms with Crippen molar-refractivity contribution in [2.45, 2.75) is 19.1 Å². The average molecular weight is 272 g/mol. The number of hydrogen-bond donors (Lipinski definition) is 1. The average Bonchev–Trinajstić information content (AvgIpc) is 2.36. The van der Waals surface area contributed by atoms with Crippen LogP contribution in [0.25, 0.3) is 0 Å². The first-order valence-corrected chi connectivity index (χ1v) is 5.23. The van der Waals surface area contributed by atoms with Gasteiger partial charge in [-0.15, -0.1) is 0 Å². The van der Waals surface area contributed by atoms with Gasteiger partial charge in [0.15, 0.2) is 0 Å². The molecule has 0 saturated heterocycles. The van der Waals surface area contributed by atoms with Crippen molar-refractivity contribution in [3.63, 3.8) is 0 Å². The highest BCUT2D eigenvalue weighted by Gasteiger charge is 2.35. The Hall–Kier alpha value is -2.07. The van der Waals surface area contributed by atoms with Gasteiger partial charge in [0, 0.05) is 6.54 Å². The molecule has 2 N–H and O–H groups in total. The second-order valence-electron chi connectivity index (χ2n) is 3.74. The van der Waals surface area contributed by atoms with E-state index in [1.165, 1.54) is 12.1 Å². The number of carbonyl (C=O) groups is 1. The van der Waals surface area contributed by atoms with E-state index in [2.05, 4.69) is 4.74 Å². The van der Waals surface area contributed by atoms with E-state index in [0.29, 0.717) is 0 Å². The van der Waals surface area contributed by atoms with Crippen LogP contribution < -0.4 is 5.73 Å². The highest BCUT2D eigenvalue weighted by molar-refractivity contribution is 5.72. The van der Waals surface area contributed by atoms with Gasteiger partial charge < -0.3 is 10.5 Å². The molecule has 0 heterocycles. The summed E-state index contributed by atoms with van der Waals surface area (Å²) in [6.07, 6.45) is -4.99. The van der Waals surface area contributed by atoms with Gasteiger partial charge in [0.1, 0.15) is 6.07 Å². The summed E-state index contributed by atoms with van der Waals surface area (Å²) in [7, 11) is 1.14. The minimum atomic E-state index is -4.68. The predicted molar refractivity (Wildman–Crippen MR) is 59.8 cm³/mol. The Labute approximate surface area is 107 Å². The second-order valence-corrected chi connectivity index (χ2v) is 3.74. The Morgan fingerprint density at radius 1 is 1.47 bits per heavy atom. The minimum absolute atomic E-state index is 0.0521. The molecule has 4 nitrogen and oxygen atoms in total. The topological polar surface area (TPSA) is 76.1 Å². The monoisotopic (exact) mass is 272 g/mol. The lowest BCUT2D eigenvalue weighted by atomic mass is 9.96. The first-order chi connectivity index (χ1) is 8.83. The maximum Gasteiger partial charge on any atom is 0.417 e. The van der Waals surface area contributed by atoms with Crippen molar-refractivity contribution in [3.05, 3.63) is 34.4 Å². The van der Waals surface area contributed by atoms with E-state index in [1.54, 1.807) is 0 Å². The number of nitriles is 1. The van der Waals surface area contributed by atoms with Crippen molar-refractivity contribution in [3.8, 4) is 6.07 Å². The van der Waals surface area contributed by atoms with Crippen molar-refractivity contribution in [1.82, 2.24) is 0 Å². The third-order valence-corrected chi connectivity index (χ3v) is 2.49. The van der Waals surface area contributed by atoms with Crippen LogP contribution in [0.3, 0.4) is 0 Å². The Balaban J connectivity index is 3.40. The zero-order chi connectivity index (χ0) is 14.6. The molecule has 0 atom stereocenters. The summed E-state index contributed by atoms with van der Waals surface area (Å²) in [6.45, 7) is -0.221. The lowest BCUT2D eigenvalue weighted by Crippen LogP contribution is -2.14. The second kappa shape index (κ2) is 5.71. The largest absolute Gasteiger partial charge is 0.469 e. The van der Waals surface area contributed by atoms with E-state index < -0.39 is 23.3 Å². The standard InChI is InChI=1S/C12H11F3N2O2/c1-19-11(18)4-7-2-8(5-16)9(6-17)10(3-7)12(13,14)15/h2-3H,4-5,16H2,1H3. The molecule has 0 aliphatic rings. The van der Waals surface area contributed by atoms with Crippen LogP contribution in [-0.4, -0.2) is 13.1 Å². The number of alkyl halides is 3. The van der Waals surface area contributed by atoms with E-state index in [1.807, 2.05) is 0 Å². The van der Waals surface area contributed by atoms with Crippen molar-refractivity contribution in [2.75, 3.05) is 7.11 Å². The third-order valence-electron chi connectivity index (χ3n) is 2.49. The fourth-order valence-corrected chi connectivity index (χ4v) is 1.63. The third kappa shape index (κ3) is 3.45. The molecule has 0 bridgehead atoms. The van der Waals surface area contributed by atoms with Gasteiger partial charge in [0.25, 0.3) is 0 Å². The van der Waals surface area contributed by atoms with Crippen LogP contribution >= 0.6 is 0 Å². The molecule has 7 heteroatoms. The summed E-state index contributed by atoms with van der Waals surface area (Å²) in [4.78, 5) is 11.1. The SMILES string of the molecule is COC(=O)Cc1cc(CN)c(C#N)c(C(F)(F)F)c1. The predicted octanol–water partition coefficient (Wildman–Crippen LogP) is 1.75. The van der Waals surface area contributed by atoms with Crippen molar-refractivity contribution >= 4 is 5.97 Å². The summed E-state index contributed by atoms with van der Waals surface area (Å²) in [5.41, 5.74) is 3.90. The quantitative estimate of drug-likeness (QED) is 0.850. The summed E-state index contributed by atoms with van der Waals surface area (Å²) >= 11 is 0. The zero-order valence-corrected chi connectivity index (χ0v) is 10.0. The van der Waals surface area contributed by atoms with Gasteiger partial charge in [-0.3, -0.25) is 4.79 Å². The summed E-state index contributed by atoms with van der Waals surface area (Å²) < 4.78 is 42.9. The van der Waals surface area contributed by atoms with Crippen LogP contribution in [0.15, 0.2) is 12.1 Å². The number of hydrogen-bond acceptors (Lipinski definition) is 4. The number of nitrogens with two attached hydrogens (primary N) is 1. The van der Waals surface area contributed by atoms with Crippen LogP contribution in [0.4, 0.5) is 13.2 Å². The molecule has 0 aliphatic heterocycles. The summed E-state index contributed by atoms with van der Waals surface area (Å²) in [5.74, 6) is -0.666. The summed E-state index contributed by atoms with van der Waals surface area (Å²) in [5, 5.41) is 8.82. The first kappa shape index (κ1) is 15.0. The van der Waals surface area contributed by atoms with Gasteiger partial charge in [-0.05, 0) is 17.2 Å². The smallest absolute Gasteiger partial charge is 0.417 e. The molecule has 0 spiro atoms. The van der Waals surface area contributed by atoms with Crippen molar-refractivity contribution in [1.29, 1.82) is 5.26 Å². The van der Waals surface area contributed by atoms with Gasteiger partial charge in [-0.25, -0.2) is 0 Å². The molecular weight excluding hydrogens is 261 g/mol. The molecule has 1 aromatic carbocycles. The van der Waals surface area contributed by atoms with Crippen LogP contribution in [0.5, 0.6) is 0 Å². The fraction of sp³-hybridized carbons (Fsp3) is 0.333. The van der Waals surface area contributed by atoms with Gasteiger partial charge in [-0.1, -0.05) is 6.07 Å². The van der Waals surface area contributed by atoms with E-state index in [0.717, 1.165) is 13.2 Å².